The standard InChI is InChI=1S/C16H21N3O/c1-3-12-10-14-13(11-15(12)20-2)4-5-18-16(14)19-8-6-17-7-9-19/h4-5,10-11,17H,3,6-9H2,1-2H3. The first-order valence-corrected chi connectivity index (χ1v) is 7.24. The van der Waals surface area contributed by atoms with Crippen molar-refractivity contribution in [1.29, 1.82) is 0 Å². The smallest absolute Gasteiger partial charge is 0.136 e. The lowest BCUT2D eigenvalue weighted by Gasteiger charge is -2.29. The number of nitrogens with zero attached hydrogens (tertiary/aromatic N) is 2. The molecule has 1 fully saturated rings. The molecule has 4 heteroatoms. The fourth-order valence-electron chi connectivity index (χ4n) is 2.82. The van der Waals surface area contributed by atoms with E-state index in [0.29, 0.717) is 0 Å². The fraction of sp³-hybridized carbons (Fsp3) is 0.438. The minimum atomic E-state index is 0.967. The van der Waals surface area contributed by atoms with E-state index >= 15 is 0 Å². The molecule has 0 radical (unpaired) electrons. The quantitative estimate of drug-likeness (QED) is 0.929. The highest BCUT2D eigenvalue weighted by Crippen LogP contribution is 2.31. The Hall–Kier alpha value is -1.81. The van der Waals surface area contributed by atoms with Crippen molar-refractivity contribution in [3.63, 3.8) is 0 Å². The predicted molar refractivity (Wildman–Crippen MR) is 82.8 cm³/mol. The van der Waals surface area contributed by atoms with Crippen LogP contribution in [0.5, 0.6) is 5.75 Å². The van der Waals surface area contributed by atoms with Crippen LogP contribution in [0, 0.1) is 0 Å². The van der Waals surface area contributed by atoms with E-state index in [1.807, 2.05) is 6.20 Å². The first-order chi connectivity index (χ1) is 9.83. The van der Waals surface area contributed by atoms with E-state index < -0.39 is 0 Å². The molecule has 106 valence electrons. The van der Waals surface area contributed by atoms with E-state index in [0.717, 1.165) is 44.2 Å². The second-order valence-electron chi connectivity index (χ2n) is 5.11. The summed E-state index contributed by atoms with van der Waals surface area (Å²) in [6.45, 7) is 6.23. The van der Waals surface area contributed by atoms with Crippen molar-refractivity contribution in [3.8, 4) is 5.75 Å². The maximum absolute atomic E-state index is 5.49. The third-order valence-corrected chi connectivity index (χ3v) is 3.94. The molecule has 0 saturated carbocycles. The Morgan fingerprint density at radius 3 is 2.80 bits per heavy atom. The predicted octanol–water partition coefficient (Wildman–Crippen LogP) is 2.22. The molecular weight excluding hydrogens is 250 g/mol. The summed E-state index contributed by atoms with van der Waals surface area (Å²) < 4.78 is 5.49. The highest BCUT2D eigenvalue weighted by molar-refractivity contribution is 5.94. The van der Waals surface area contributed by atoms with E-state index in [9.17, 15) is 0 Å². The highest BCUT2D eigenvalue weighted by atomic mass is 16.5. The van der Waals surface area contributed by atoms with Crippen LogP contribution in [-0.4, -0.2) is 38.3 Å². The summed E-state index contributed by atoms with van der Waals surface area (Å²) >= 11 is 0. The van der Waals surface area contributed by atoms with Crippen LogP contribution in [0.15, 0.2) is 24.4 Å². The third-order valence-electron chi connectivity index (χ3n) is 3.94. The van der Waals surface area contributed by atoms with Gasteiger partial charge in [-0.3, -0.25) is 0 Å². The zero-order chi connectivity index (χ0) is 13.9. The van der Waals surface area contributed by atoms with Gasteiger partial charge < -0.3 is 15.0 Å². The molecule has 20 heavy (non-hydrogen) atoms. The van der Waals surface area contributed by atoms with Crippen LogP contribution in [0.25, 0.3) is 10.8 Å². The van der Waals surface area contributed by atoms with Crippen LogP contribution in [0.2, 0.25) is 0 Å². The number of methoxy groups -OCH3 is 1. The van der Waals surface area contributed by atoms with Gasteiger partial charge in [0.2, 0.25) is 0 Å². The molecular formula is C16H21N3O. The number of ether oxygens (including phenoxy) is 1. The highest BCUT2D eigenvalue weighted by Gasteiger charge is 2.15. The van der Waals surface area contributed by atoms with E-state index in [-0.39, 0.29) is 0 Å². The number of anilines is 1. The van der Waals surface area contributed by atoms with Gasteiger partial charge in [0.25, 0.3) is 0 Å². The van der Waals surface area contributed by atoms with Crippen LogP contribution in [0.3, 0.4) is 0 Å². The Bertz CT molecular complexity index is 606. The maximum atomic E-state index is 5.49. The van der Waals surface area contributed by atoms with Gasteiger partial charge in [0.05, 0.1) is 7.11 Å². The molecule has 1 N–H and O–H groups in total. The number of benzene rings is 1. The number of fused-ring (bicyclic) bond motifs is 1. The van der Waals surface area contributed by atoms with Crippen LogP contribution < -0.4 is 15.0 Å². The SMILES string of the molecule is CCc1cc2c(N3CCNCC3)nccc2cc1OC. The van der Waals surface area contributed by atoms with Crippen molar-refractivity contribution >= 4 is 16.6 Å². The number of hydrogen-bond donors (Lipinski definition) is 1. The summed E-state index contributed by atoms with van der Waals surface area (Å²) in [5, 5.41) is 5.81. The second kappa shape index (κ2) is 5.67. The van der Waals surface area contributed by atoms with Crippen LogP contribution >= 0.6 is 0 Å². The second-order valence-corrected chi connectivity index (χ2v) is 5.11. The molecule has 3 rings (SSSR count). The average Bonchev–Trinajstić information content (AvgIpc) is 2.53. The van der Waals surface area contributed by atoms with Crippen molar-refractivity contribution in [1.82, 2.24) is 10.3 Å². The Labute approximate surface area is 119 Å². The molecule has 2 aromatic rings. The first kappa shape index (κ1) is 13.2. The molecule has 1 aliphatic heterocycles. The lowest BCUT2D eigenvalue weighted by molar-refractivity contribution is 0.411. The van der Waals surface area contributed by atoms with Gasteiger partial charge in [-0.1, -0.05) is 6.92 Å². The Morgan fingerprint density at radius 1 is 1.30 bits per heavy atom. The number of pyridine rings is 1. The average molecular weight is 271 g/mol. The molecule has 1 saturated heterocycles. The molecule has 2 heterocycles. The van der Waals surface area contributed by atoms with E-state index in [2.05, 4.69) is 40.3 Å². The summed E-state index contributed by atoms with van der Waals surface area (Å²) in [5.74, 6) is 2.07. The van der Waals surface area contributed by atoms with Gasteiger partial charge in [-0.2, -0.15) is 0 Å². The summed E-state index contributed by atoms with van der Waals surface area (Å²) in [6, 6.07) is 6.42. The Kier molecular flexibility index (Phi) is 3.74. The topological polar surface area (TPSA) is 37.4 Å². The largest absolute Gasteiger partial charge is 0.496 e. The summed E-state index contributed by atoms with van der Waals surface area (Å²) in [5.41, 5.74) is 1.24. The molecule has 0 spiro atoms. The number of nitrogens with one attached hydrogen (secondary N) is 1. The van der Waals surface area contributed by atoms with Crippen molar-refractivity contribution in [2.75, 3.05) is 38.2 Å². The van der Waals surface area contributed by atoms with Gasteiger partial charge in [-0.05, 0) is 35.6 Å². The van der Waals surface area contributed by atoms with Gasteiger partial charge >= 0.3 is 0 Å². The van der Waals surface area contributed by atoms with Crippen molar-refractivity contribution in [3.05, 3.63) is 30.0 Å². The number of aryl methyl sites for hydroxylation is 1. The molecule has 0 bridgehead atoms. The van der Waals surface area contributed by atoms with Crippen LogP contribution in [0.1, 0.15) is 12.5 Å². The van der Waals surface area contributed by atoms with Crippen molar-refractivity contribution < 1.29 is 4.74 Å². The number of aromatic nitrogens is 1. The van der Waals surface area contributed by atoms with E-state index in [1.165, 1.54) is 16.3 Å². The van der Waals surface area contributed by atoms with Crippen molar-refractivity contribution in [2.24, 2.45) is 0 Å². The third kappa shape index (κ3) is 2.31. The fourth-order valence-corrected chi connectivity index (χ4v) is 2.82. The van der Waals surface area contributed by atoms with E-state index in [1.54, 1.807) is 7.11 Å². The molecule has 0 aliphatic carbocycles. The molecule has 1 aromatic heterocycles. The lowest BCUT2D eigenvalue weighted by Crippen LogP contribution is -2.43. The van der Waals surface area contributed by atoms with Crippen molar-refractivity contribution in [2.45, 2.75) is 13.3 Å². The minimum absolute atomic E-state index is 0.967. The Morgan fingerprint density at radius 2 is 2.10 bits per heavy atom. The van der Waals surface area contributed by atoms with E-state index in [4.69, 9.17) is 4.74 Å². The van der Waals surface area contributed by atoms with Crippen LogP contribution in [0.4, 0.5) is 5.82 Å². The van der Waals surface area contributed by atoms with Gasteiger partial charge in [0.15, 0.2) is 0 Å². The summed E-state index contributed by atoms with van der Waals surface area (Å²) in [4.78, 5) is 6.98. The molecule has 1 aromatic carbocycles. The zero-order valence-electron chi connectivity index (χ0n) is 12.1. The molecule has 4 nitrogen and oxygen atoms in total. The number of piperazine rings is 1. The molecule has 0 atom stereocenters. The normalized spacial score (nSPS) is 15.6. The summed E-state index contributed by atoms with van der Waals surface area (Å²) in [6.07, 6.45) is 2.86. The van der Waals surface area contributed by atoms with Gasteiger partial charge in [-0.25, -0.2) is 4.98 Å². The van der Waals surface area contributed by atoms with Gasteiger partial charge in [0.1, 0.15) is 11.6 Å². The van der Waals surface area contributed by atoms with Crippen LogP contribution in [-0.2, 0) is 6.42 Å². The molecule has 1 aliphatic rings. The zero-order valence-corrected chi connectivity index (χ0v) is 12.1. The number of hydrogen-bond acceptors (Lipinski definition) is 4. The Balaban J connectivity index is 2.12. The van der Waals surface area contributed by atoms with Gasteiger partial charge in [-0.15, -0.1) is 0 Å². The minimum Gasteiger partial charge on any atom is -0.496 e. The van der Waals surface area contributed by atoms with Gasteiger partial charge in [0, 0.05) is 37.8 Å². The first-order valence-electron chi connectivity index (χ1n) is 7.24. The lowest BCUT2D eigenvalue weighted by atomic mass is 10.0. The molecule has 0 unspecified atom stereocenters. The number of rotatable bonds is 3. The summed E-state index contributed by atoms with van der Waals surface area (Å²) in [7, 11) is 1.73. The molecule has 0 amide bonds. The monoisotopic (exact) mass is 271 g/mol. The maximum Gasteiger partial charge on any atom is 0.136 e.